The van der Waals surface area contributed by atoms with E-state index in [2.05, 4.69) is 77.1 Å². The molecule has 2 aromatic rings. The van der Waals surface area contributed by atoms with Crippen LogP contribution in [-0.4, -0.2) is 30.2 Å². The quantitative estimate of drug-likeness (QED) is 0.725. The fourth-order valence-electron chi connectivity index (χ4n) is 4.16. The van der Waals surface area contributed by atoms with Crippen LogP contribution in [0.25, 0.3) is 0 Å². The van der Waals surface area contributed by atoms with E-state index in [4.69, 9.17) is 9.47 Å². The molecule has 4 rings (SSSR count). The van der Waals surface area contributed by atoms with Gasteiger partial charge in [0.1, 0.15) is 17.0 Å². The molecule has 2 heterocycles. The zero-order valence-corrected chi connectivity index (χ0v) is 16.4. The maximum absolute atomic E-state index is 6.43. The number of benzene rings is 2. The summed E-state index contributed by atoms with van der Waals surface area (Å²) in [7, 11) is 0. The lowest BCUT2D eigenvalue weighted by Gasteiger charge is -2.50. The summed E-state index contributed by atoms with van der Waals surface area (Å²) in [5, 5.41) is 0. The molecular formula is C21H24BrNO2. The molecule has 1 saturated heterocycles. The van der Waals surface area contributed by atoms with Crippen molar-refractivity contribution in [3.63, 3.8) is 0 Å². The third kappa shape index (κ3) is 3.48. The van der Waals surface area contributed by atoms with Gasteiger partial charge in [-0.15, -0.1) is 0 Å². The van der Waals surface area contributed by atoms with Crippen LogP contribution in [0.3, 0.4) is 0 Å². The predicted molar refractivity (Wildman–Crippen MR) is 103 cm³/mol. The van der Waals surface area contributed by atoms with Crippen molar-refractivity contribution in [2.45, 2.75) is 38.0 Å². The first-order valence-corrected chi connectivity index (χ1v) is 9.64. The highest BCUT2D eigenvalue weighted by molar-refractivity contribution is 9.10. The van der Waals surface area contributed by atoms with E-state index in [1.165, 1.54) is 11.1 Å². The molecule has 2 aromatic carbocycles. The van der Waals surface area contributed by atoms with E-state index in [1.807, 2.05) is 6.07 Å². The molecule has 0 radical (unpaired) electrons. The van der Waals surface area contributed by atoms with E-state index in [0.717, 1.165) is 42.9 Å². The van der Waals surface area contributed by atoms with Crippen molar-refractivity contribution in [3.8, 4) is 5.75 Å². The van der Waals surface area contributed by atoms with Gasteiger partial charge in [0.25, 0.3) is 0 Å². The van der Waals surface area contributed by atoms with Gasteiger partial charge < -0.3 is 9.47 Å². The molecule has 1 spiro atoms. The molecule has 0 aliphatic carbocycles. The minimum Gasteiger partial charge on any atom is -0.487 e. The van der Waals surface area contributed by atoms with Crippen LogP contribution in [-0.2, 0) is 16.9 Å². The Bertz CT molecular complexity index is 759. The third-order valence-corrected chi connectivity index (χ3v) is 5.59. The highest BCUT2D eigenvalue weighted by Gasteiger charge is 2.48. The molecule has 2 aliphatic heterocycles. The summed E-state index contributed by atoms with van der Waals surface area (Å²) < 4.78 is 13.8. The molecule has 4 heteroatoms. The van der Waals surface area contributed by atoms with Crippen LogP contribution in [0.4, 0.5) is 0 Å². The largest absolute Gasteiger partial charge is 0.487 e. The molecule has 0 bridgehead atoms. The van der Waals surface area contributed by atoms with Gasteiger partial charge in [0.2, 0.25) is 0 Å². The molecule has 0 N–H and O–H groups in total. The maximum atomic E-state index is 6.43. The number of para-hydroxylation sites is 1. The summed E-state index contributed by atoms with van der Waals surface area (Å²) in [5.74, 6) is 0.962. The molecule has 1 unspecified atom stereocenters. The highest BCUT2D eigenvalue weighted by Crippen LogP contribution is 2.47. The van der Waals surface area contributed by atoms with Crippen LogP contribution in [0.5, 0.6) is 5.75 Å². The van der Waals surface area contributed by atoms with Crippen molar-refractivity contribution in [2.24, 2.45) is 0 Å². The maximum Gasteiger partial charge on any atom is 0.126 e. The average Bonchev–Trinajstić information content (AvgIpc) is 2.56. The number of ether oxygens (including phenoxy) is 2. The third-order valence-electron chi connectivity index (χ3n) is 5.06. The second-order valence-corrected chi connectivity index (χ2v) is 8.63. The van der Waals surface area contributed by atoms with Crippen molar-refractivity contribution in [1.82, 2.24) is 4.90 Å². The standard InChI is InChI=1S/C21H24BrNO2/c1-20(2)14-21(18-5-3-4-6-19(18)25-20)15-23(11-12-24-21)13-16-7-9-17(22)10-8-16/h3-10H,11-15H2,1-2H3. The van der Waals surface area contributed by atoms with Gasteiger partial charge in [-0.05, 0) is 37.6 Å². The number of fused-ring (bicyclic) bond motifs is 2. The Hall–Kier alpha value is -1.36. The molecule has 0 saturated carbocycles. The van der Waals surface area contributed by atoms with Crippen molar-refractivity contribution in [1.29, 1.82) is 0 Å². The van der Waals surface area contributed by atoms with Crippen LogP contribution in [0, 0.1) is 0 Å². The molecule has 0 amide bonds. The zero-order valence-electron chi connectivity index (χ0n) is 14.8. The van der Waals surface area contributed by atoms with Crippen molar-refractivity contribution in [3.05, 3.63) is 64.1 Å². The van der Waals surface area contributed by atoms with Gasteiger partial charge in [0.15, 0.2) is 0 Å². The Morgan fingerprint density at radius 2 is 1.84 bits per heavy atom. The summed E-state index contributed by atoms with van der Waals surface area (Å²) in [6, 6.07) is 16.9. The lowest BCUT2D eigenvalue weighted by Crippen LogP contribution is -2.55. The van der Waals surface area contributed by atoms with Crippen LogP contribution >= 0.6 is 15.9 Å². The van der Waals surface area contributed by atoms with Crippen LogP contribution in [0.15, 0.2) is 53.0 Å². The lowest BCUT2D eigenvalue weighted by atomic mass is 9.79. The first-order chi connectivity index (χ1) is 12.0. The topological polar surface area (TPSA) is 21.7 Å². The predicted octanol–water partition coefficient (Wildman–Crippen LogP) is 4.74. The van der Waals surface area contributed by atoms with E-state index in [9.17, 15) is 0 Å². The second kappa shape index (κ2) is 6.42. The summed E-state index contributed by atoms with van der Waals surface area (Å²) in [4.78, 5) is 2.50. The van der Waals surface area contributed by atoms with Crippen LogP contribution in [0.1, 0.15) is 31.4 Å². The Morgan fingerprint density at radius 1 is 1.08 bits per heavy atom. The molecule has 3 nitrogen and oxygen atoms in total. The molecule has 25 heavy (non-hydrogen) atoms. The molecule has 1 atom stereocenters. The van der Waals surface area contributed by atoms with Gasteiger partial charge in [0, 0.05) is 36.1 Å². The minimum atomic E-state index is -0.286. The Kier molecular flexibility index (Phi) is 4.38. The molecule has 0 aromatic heterocycles. The monoisotopic (exact) mass is 401 g/mol. The first kappa shape index (κ1) is 17.1. The number of nitrogens with zero attached hydrogens (tertiary/aromatic N) is 1. The van der Waals surface area contributed by atoms with Crippen molar-refractivity contribution in [2.75, 3.05) is 19.7 Å². The van der Waals surface area contributed by atoms with Crippen molar-refractivity contribution >= 4 is 15.9 Å². The SMILES string of the molecule is CC1(C)CC2(CN(Cc3ccc(Br)cc3)CCO2)c2ccccc2O1. The summed E-state index contributed by atoms with van der Waals surface area (Å²) in [5.41, 5.74) is 2.01. The molecule has 132 valence electrons. The van der Waals surface area contributed by atoms with E-state index in [-0.39, 0.29) is 11.2 Å². The Morgan fingerprint density at radius 3 is 2.64 bits per heavy atom. The highest BCUT2D eigenvalue weighted by atomic mass is 79.9. The van der Waals surface area contributed by atoms with Crippen LogP contribution < -0.4 is 4.74 Å². The Balaban J connectivity index is 1.62. The summed E-state index contributed by atoms with van der Waals surface area (Å²) >= 11 is 3.51. The fourth-order valence-corrected chi connectivity index (χ4v) is 4.42. The van der Waals surface area contributed by atoms with Gasteiger partial charge in [-0.3, -0.25) is 4.90 Å². The summed E-state index contributed by atoms with van der Waals surface area (Å²) in [6.07, 6.45) is 0.869. The summed E-state index contributed by atoms with van der Waals surface area (Å²) in [6.45, 7) is 7.86. The lowest BCUT2D eigenvalue weighted by molar-refractivity contribution is -0.157. The number of hydrogen-bond donors (Lipinski definition) is 0. The van der Waals surface area contributed by atoms with Gasteiger partial charge >= 0.3 is 0 Å². The van der Waals surface area contributed by atoms with E-state index >= 15 is 0 Å². The number of hydrogen-bond acceptors (Lipinski definition) is 3. The minimum absolute atomic E-state index is 0.227. The number of morpholine rings is 1. The zero-order chi connectivity index (χ0) is 17.5. The van der Waals surface area contributed by atoms with E-state index < -0.39 is 0 Å². The van der Waals surface area contributed by atoms with Gasteiger partial charge in [-0.25, -0.2) is 0 Å². The normalized spacial score (nSPS) is 25.4. The van der Waals surface area contributed by atoms with Gasteiger partial charge in [0.05, 0.1) is 6.61 Å². The number of halogens is 1. The molecular weight excluding hydrogens is 378 g/mol. The average molecular weight is 402 g/mol. The Labute approximate surface area is 158 Å². The van der Waals surface area contributed by atoms with E-state index in [0.29, 0.717) is 0 Å². The smallest absolute Gasteiger partial charge is 0.126 e. The van der Waals surface area contributed by atoms with Gasteiger partial charge in [-0.1, -0.05) is 46.3 Å². The molecule has 1 fully saturated rings. The van der Waals surface area contributed by atoms with Crippen molar-refractivity contribution < 1.29 is 9.47 Å². The van der Waals surface area contributed by atoms with Crippen LogP contribution in [0.2, 0.25) is 0 Å². The van der Waals surface area contributed by atoms with E-state index in [1.54, 1.807) is 0 Å². The second-order valence-electron chi connectivity index (χ2n) is 7.71. The van der Waals surface area contributed by atoms with Gasteiger partial charge in [-0.2, -0.15) is 0 Å². The first-order valence-electron chi connectivity index (χ1n) is 8.85. The fraction of sp³-hybridized carbons (Fsp3) is 0.429. The molecule has 2 aliphatic rings. The number of rotatable bonds is 2.